The predicted molar refractivity (Wildman–Crippen MR) is 76.7 cm³/mol. The van der Waals surface area contributed by atoms with Crippen LogP contribution >= 0.6 is 11.3 Å². The van der Waals surface area contributed by atoms with Gasteiger partial charge in [-0.2, -0.15) is 0 Å². The number of aliphatic hydroxyl groups is 1. The van der Waals surface area contributed by atoms with Crippen LogP contribution in [0.1, 0.15) is 40.9 Å². The second kappa shape index (κ2) is 6.67. The minimum Gasteiger partial charge on any atom is -0.478 e. The van der Waals surface area contributed by atoms with Crippen molar-refractivity contribution in [3.63, 3.8) is 0 Å². The quantitative estimate of drug-likeness (QED) is 0.740. The molecular formula is C14H17NO4S. The van der Waals surface area contributed by atoms with E-state index in [0.717, 1.165) is 18.9 Å². The van der Waals surface area contributed by atoms with Crippen molar-refractivity contribution in [2.75, 3.05) is 0 Å². The molecule has 1 amide bonds. The average Bonchev–Trinajstić information content (AvgIpc) is 2.87. The molecule has 1 fully saturated rings. The molecule has 0 bridgehead atoms. The predicted octanol–water partition coefficient (Wildman–Crippen LogP) is 1.88. The van der Waals surface area contributed by atoms with E-state index in [0.29, 0.717) is 23.3 Å². The number of carboxylic acids is 1. The van der Waals surface area contributed by atoms with Crippen LogP contribution < -0.4 is 5.32 Å². The Labute approximate surface area is 120 Å². The maximum atomic E-state index is 12.2. The lowest BCUT2D eigenvalue weighted by Gasteiger charge is -2.26. The fourth-order valence-electron chi connectivity index (χ4n) is 2.27. The Morgan fingerprint density at radius 2 is 2.00 bits per heavy atom. The first-order valence-electron chi connectivity index (χ1n) is 6.53. The molecule has 5 nitrogen and oxygen atoms in total. The SMILES string of the molecule is O=C(O)C=Cc1ccsc1C(=O)NC1CCC(O)CC1. The number of aliphatic hydroxyl groups excluding tert-OH is 1. The lowest BCUT2D eigenvalue weighted by atomic mass is 9.93. The van der Waals surface area contributed by atoms with Crippen molar-refractivity contribution in [2.24, 2.45) is 0 Å². The van der Waals surface area contributed by atoms with Crippen LogP contribution in [0.15, 0.2) is 17.5 Å². The highest BCUT2D eigenvalue weighted by Gasteiger charge is 2.22. The molecule has 108 valence electrons. The van der Waals surface area contributed by atoms with Crippen molar-refractivity contribution < 1.29 is 19.8 Å². The van der Waals surface area contributed by atoms with Crippen LogP contribution in [0.4, 0.5) is 0 Å². The Morgan fingerprint density at radius 3 is 2.65 bits per heavy atom. The topological polar surface area (TPSA) is 86.6 Å². The number of amides is 1. The third kappa shape index (κ3) is 3.91. The summed E-state index contributed by atoms with van der Waals surface area (Å²) in [6, 6.07) is 1.81. The summed E-state index contributed by atoms with van der Waals surface area (Å²) in [5.41, 5.74) is 0.616. The van der Waals surface area contributed by atoms with E-state index in [9.17, 15) is 14.7 Å². The number of carbonyl (C=O) groups is 2. The third-order valence-corrected chi connectivity index (χ3v) is 4.27. The van der Waals surface area contributed by atoms with E-state index >= 15 is 0 Å². The summed E-state index contributed by atoms with van der Waals surface area (Å²) < 4.78 is 0. The zero-order valence-corrected chi connectivity index (χ0v) is 11.7. The van der Waals surface area contributed by atoms with Crippen molar-refractivity contribution in [1.82, 2.24) is 5.32 Å². The second-order valence-electron chi connectivity index (χ2n) is 4.86. The highest BCUT2D eigenvalue weighted by Crippen LogP contribution is 2.21. The lowest BCUT2D eigenvalue weighted by molar-refractivity contribution is -0.131. The van der Waals surface area contributed by atoms with E-state index in [1.54, 1.807) is 11.4 Å². The normalized spacial score (nSPS) is 22.9. The number of nitrogens with one attached hydrogen (secondary N) is 1. The van der Waals surface area contributed by atoms with Gasteiger partial charge in [0, 0.05) is 12.1 Å². The number of thiophene rings is 1. The van der Waals surface area contributed by atoms with Gasteiger partial charge in [0.15, 0.2) is 0 Å². The molecular weight excluding hydrogens is 278 g/mol. The molecule has 0 atom stereocenters. The van der Waals surface area contributed by atoms with Crippen molar-refractivity contribution >= 4 is 29.3 Å². The molecule has 0 radical (unpaired) electrons. The molecule has 1 heterocycles. The zero-order valence-electron chi connectivity index (χ0n) is 10.9. The summed E-state index contributed by atoms with van der Waals surface area (Å²) in [5, 5.41) is 22.8. The van der Waals surface area contributed by atoms with E-state index in [4.69, 9.17) is 5.11 Å². The fourth-order valence-corrected chi connectivity index (χ4v) is 3.06. The van der Waals surface area contributed by atoms with Gasteiger partial charge in [0.1, 0.15) is 0 Å². The fraction of sp³-hybridized carbons (Fsp3) is 0.429. The van der Waals surface area contributed by atoms with E-state index in [-0.39, 0.29) is 18.1 Å². The van der Waals surface area contributed by atoms with Gasteiger partial charge in [-0.25, -0.2) is 4.79 Å². The van der Waals surface area contributed by atoms with Crippen LogP contribution in [0.5, 0.6) is 0 Å². The number of carboxylic acid groups (broad SMARTS) is 1. The van der Waals surface area contributed by atoms with Crippen LogP contribution in [-0.2, 0) is 4.79 Å². The highest BCUT2D eigenvalue weighted by molar-refractivity contribution is 7.12. The lowest BCUT2D eigenvalue weighted by Crippen LogP contribution is -2.38. The first kappa shape index (κ1) is 14.7. The van der Waals surface area contributed by atoms with Crippen LogP contribution in [-0.4, -0.2) is 34.2 Å². The monoisotopic (exact) mass is 295 g/mol. The van der Waals surface area contributed by atoms with Crippen molar-refractivity contribution in [1.29, 1.82) is 0 Å². The van der Waals surface area contributed by atoms with E-state index in [1.165, 1.54) is 17.4 Å². The minimum absolute atomic E-state index is 0.0873. The number of rotatable bonds is 4. The van der Waals surface area contributed by atoms with Crippen molar-refractivity contribution in [3.8, 4) is 0 Å². The number of hydrogen-bond acceptors (Lipinski definition) is 4. The Kier molecular flexibility index (Phi) is 4.92. The summed E-state index contributed by atoms with van der Waals surface area (Å²) in [5.74, 6) is -1.21. The maximum Gasteiger partial charge on any atom is 0.328 e. The Morgan fingerprint density at radius 1 is 1.30 bits per heavy atom. The largest absolute Gasteiger partial charge is 0.478 e. The van der Waals surface area contributed by atoms with E-state index in [1.807, 2.05) is 0 Å². The van der Waals surface area contributed by atoms with Crippen LogP contribution in [0.2, 0.25) is 0 Å². The standard InChI is InChI=1S/C14H17NO4S/c16-11-4-2-10(3-5-11)15-14(19)13-9(7-8-20-13)1-6-12(17)18/h1,6-8,10-11,16H,2-5H2,(H,15,19)(H,17,18). The Balaban J connectivity index is 1.99. The Bertz CT molecular complexity index is 515. The molecule has 20 heavy (non-hydrogen) atoms. The molecule has 0 spiro atoms. The van der Waals surface area contributed by atoms with Gasteiger partial charge in [0.25, 0.3) is 5.91 Å². The van der Waals surface area contributed by atoms with Crippen LogP contribution in [0.25, 0.3) is 6.08 Å². The molecule has 0 saturated heterocycles. The first-order chi connectivity index (χ1) is 9.56. The van der Waals surface area contributed by atoms with Gasteiger partial charge in [-0.1, -0.05) is 0 Å². The Hall–Kier alpha value is -1.66. The molecule has 1 saturated carbocycles. The maximum absolute atomic E-state index is 12.2. The molecule has 0 aromatic carbocycles. The van der Waals surface area contributed by atoms with Gasteiger partial charge in [-0.15, -0.1) is 11.3 Å². The molecule has 6 heteroatoms. The van der Waals surface area contributed by atoms with Crippen LogP contribution in [0.3, 0.4) is 0 Å². The van der Waals surface area contributed by atoms with E-state index < -0.39 is 5.97 Å². The average molecular weight is 295 g/mol. The molecule has 3 N–H and O–H groups in total. The molecule has 1 aromatic heterocycles. The number of aliphatic carboxylic acids is 1. The van der Waals surface area contributed by atoms with Crippen molar-refractivity contribution in [3.05, 3.63) is 28.0 Å². The molecule has 2 rings (SSSR count). The molecule has 0 unspecified atom stereocenters. The van der Waals surface area contributed by atoms with Gasteiger partial charge >= 0.3 is 5.97 Å². The second-order valence-corrected chi connectivity index (χ2v) is 5.77. The van der Waals surface area contributed by atoms with Gasteiger partial charge in [0.2, 0.25) is 0 Å². The first-order valence-corrected chi connectivity index (χ1v) is 7.41. The smallest absolute Gasteiger partial charge is 0.328 e. The number of hydrogen-bond donors (Lipinski definition) is 3. The molecule has 1 aromatic rings. The molecule has 0 aliphatic heterocycles. The van der Waals surface area contributed by atoms with Crippen molar-refractivity contribution in [2.45, 2.75) is 37.8 Å². The minimum atomic E-state index is -1.04. The molecule has 1 aliphatic carbocycles. The zero-order chi connectivity index (χ0) is 14.5. The van der Waals surface area contributed by atoms with Gasteiger partial charge in [-0.05, 0) is 48.8 Å². The van der Waals surface area contributed by atoms with Crippen LogP contribution in [0, 0.1) is 0 Å². The summed E-state index contributed by atoms with van der Waals surface area (Å²) in [6.07, 6.45) is 5.17. The van der Waals surface area contributed by atoms with Gasteiger partial charge in [0.05, 0.1) is 11.0 Å². The highest BCUT2D eigenvalue weighted by atomic mass is 32.1. The summed E-state index contributed by atoms with van der Waals surface area (Å²) in [6.45, 7) is 0. The summed E-state index contributed by atoms with van der Waals surface area (Å²) in [4.78, 5) is 23.2. The van der Waals surface area contributed by atoms with E-state index in [2.05, 4.69) is 5.32 Å². The number of carbonyl (C=O) groups excluding carboxylic acids is 1. The molecule has 1 aliphatic rings. The third-order valence-electron chi connectivity index (χ3n) is 3.34. The van der Waals surface area contributed by atoms with Gasteiger partial charge in [-0.3, -0.25) is 4.79 Å². The summed E-state index contributed by atoms with van der Waals surface area (Å²) >= 11 is 1.29. The summed E-state index contributed by atoms with van der Waals surface area (Å²) in [7, 11) is 0. The van der Waals surface area contributed by atoms with Gasteiger partial charge < -0.3 is 15.5 Å².